The first-order valence-electron chi connectivity index (χ1n) is 8.19. The van der Waals surface area contributed by atoms with Crippen LogP contribution in [0, 0.1) is 6.92 Å². The number of hydrogen-bond donors (Lipinski definition) is 0. The van der Waals surface area contributed by atoms with Crippen LogP contribution in [0.15, 0.2) is 58.5 Å². The molecule has 0 radical (unpaired) electrons. The molecule has 29 heavy (non-hydrogen) atoms. The fraction of sp³-hybridized carbons (Fsp3) is 0.263. The Balaban J connectivity index is 2.23. The quantitative estimate of drug-likeness (QED) is 0.658. The van der Waals surface area contributed by atoms with E-state index in [0.717, 1.165) is 0 Å². The third kappa shape index (κ3) is 3.79. The van der Waals surface area contributed by atoms with Gasteiger partial charge in [0.25, 0.3) is 0 Å². The van der Waals surface area contributed by atoms with Crippen LogP contribution in [0.2, 0.25) is 0 Å². The molecule has 2 aromatic rings. The molecule has 0 saturated heterocycles. The molecule has 1 heterocycles. The van der Waals surface area contributed by atoms with Gasteiger partial charge in [-0.2, -0.15) is 26.3 Å². The normalized spacial score (nSPS) is 16.6. The van der Waals surface area contributed by atoms with E-state index in [0.29, 0.717) is 11.3 Å². The standard InChI is InChI=1S/C19H14F6N2O2/c1-11-4-3-5-13(10-11)16-27-17(18(20,21)22,19(23,24)25)26-15(29-16)12-6-8-14(28-2)9-7-12/h3-10H,1-2H3. The molecule has 0 N–H and O–H groups in total. The molecular weight excluding hydrogens is 402 g/mol. The van der Waals surface area contributed by atoms with Crippen molar-refractivity contribution in [3.63, 3.8) is 0 Å². The maximum Gasteiger partial charge on any atom is 0.443 e. The van der Waals surface area contributed by atoms with Crippen molar-refractivity contribution in [2.75, 3.05) is 7.11 Å². The second-order valence-corrected chi connectivity index (χ2v) is 6.20. The molecule has 0 spiro atoms. The first-order chi connectivity index (χ1) is 13.5. The van der Waals surface area contributed by atoms with Gasteiger partial charge >= 0.3 is 18.0 Å². The van der Waals surface area contributed by atoms with E-state index in [2.05, 4.69) is 9.98 Å². The summed E-state index contributed by atoms with van der Waals surface area (Å²) in [6.45, 7) is 1.63. The van der Waals surface area contributed by atoms with Gasteiger partial charge in [-0.15, -0.1) is 0 Å². The van der Waals surface area contributed by atoms with E-state index in [4.69, 9.17) is 9.47 Å². The van der Waals surface area contributed by atoms with Crippen molar-refractivity contribution in [1.82, 2.24) is 0 Å². The fourth-order valence-corrected chi connectivity index (χ4v) is 2.63. The van der Waals surface area contributed by atoms with Gasteiger partial charge in [0.15, 0.2) is 0 Å². The van der Waals surface area contributed by atoms with Crippen LogP contribution < -0.4 is 4.74 Å². The Morgan fingerprint density at radius 2 is 1.38 bits per heavy atom. The zero-order valence-corrected chi connectivity index (χ0v) is 15.1. The highest BCUT2D eigenvalue weighted by Crippen LogP contribution is 2.49. The molecule has 0 aliphatic carbocycles. The lowest BCUT2D eigenvalue weighted by Crippen LogP contribution is -2.56. The summed E-state index contributed by atoms with van der Waals surface area (Å²) >= 11 is 0. The van der Waals surface area contributed by atoms with Gasteiger partial charge in [0, 0.05) is 11.1 Å². The first-order valence-corrected chi connectivity index (χ1v) is 8.19. The number of nitrogens with zero attached hydrogens (tertiary/aromatic N) is 2. The molecule has 0 atom stereocenters. The van der Waals surface area contributed by atoms with Crippen LogP contribution in [0.4, 0.5) is 26.3 Å². The van der Waals surface area contributed by atoms with E-state index in [1.807, 2.05) is 0 Å². The van der Waals surface area contributed by atoms with Gasteiger partial charge in [-0.3, -0.25) is 0 Å². The Hall–Kier alpha value is -3.04. The summed E-state index contributed by atoms with van der Waals surface area (Å²) in [5, 5.41) is 0. The molecule has 0 aromatic heterocycles. The molecular formula is C19H14F6N2O2. The van der Waals surface area contributed by atoms with E-state index in [1.54, 1.807) is 13.0 Å². The molecule has 0 unspecified atom stereocenters. The summed E-state index contributed by atoms with van der Waals surface area (Å²) in [5.41, 5.74) is -4.22. The zero-order valence-electron chi connectivity index (χ0n) is 15.1. The van der Waals surface area contributed by atoms with Crippen LogP contribution in [-0.2, 0) is 4.74 Å². The smallest absolute Gasteiger partial charge is 0.443 e. The zero-order chi connectivity index (χ0) is 21.4. The number of halogens is 6. The molecule has 0 saturated carbocycles. The van der Waals surface area contributed by atoms with Crippen LogP contribution in [0.3, 0.4) is 0 Å². The minimum absolute atomic E-state index is 0.0382. The minimum Gasteiger partial charge on any atom is -0.497 e. The molecule has 0 amide bonds. The lowest BCUT2D eigenvalue weighted by molar-refractivity contribution is -0.293. The number of aliphatic imine (C=N–C) groups is 2. The topological polar surface area (TPSA) is 43.2 Å². The number of benzene rings is 2. The van der Waals surface area contributed by atoms with Crippen LogP contribution in [0.5, 0.6) is 5.75 Å². The fourth-order valence-electron chi connectivity index (χ4n) is 2.63. The van der Waals surface area contributed by atoms with Gasteiger partial charge in [0.1, 0.15) is 5.75 Å². The highest BCUT2D eigenvalue weighted by atomic mass is 19.4. The van der Waals surface area contributed by atoms with Crippen molar-refractivity contribution < 1.29 is 35.8 Å². The number of methoxy groups -OCH3 is 1. The summed E-state index contributed by atoms with van der Waals surface area (Å²) in [5.74, 6) is -1.33. The Morgan fingerprint density at radius 1 is 0.828 bits per heavy atom. The first kappa shape index (κ1) is 20.7. The Kier molecular flexibility index (Phi) is 5.06. The van der Waals surface area contributed by atoms with Crippen molar-refractivity contribution in [2.24, 2.45) is 9.98 Å². The van der Waals surface area contributed by atoms with Crippen LogP contribution in [0.25, 0.3) is 0 Å². The molecule has 1 aliphatic heterocycles. The average Bonchev–Trinajstić information content (AvgIpc) is 2.66. The third-order valence-corrected chi connectivity index (χ3v) is 4.11. The van der Waals surface area contributed by atoms with E-state index >= 15 is 0 Å². The highest BCUT2D eigenvalue weighted by Gasteiger charge is 2.74. The Labute approximate surface area is 161 Å². The van der Waals surface area contributed by atoms with Gasteiger partial charge in [-0.1, -0.05) is 17.7 Å². The van der Waals surface area contributed by atoms with Crippen molar-refractivity contribution >= 4 is 11.8 Å². The molecule has 0 bridgehead atoms. The predicted molar refractivity (Wildman–Crippen MR) is 93.2 cm³/mol. The molecule has 10 heteroatoms. The summed E-state index contributed by atoms with van der Waals surface area (Å²) in [7, 11) is 1.37. The predicted octanol–water partition coefficient (Wildman–Crippen LogP) is 5.05. The molecule has 154 valence electrons. The second-order valence-electron chi connectivity index (χ2n) is 6.20. The Bertz CT molecular complexity index is 948. The molecule has 0 fully saturated rings. The monoisotopic (exact) mass is 416 g/mol. The van der Waals surface area contributed by atoms with Crippen LogP contribution in [-0.4, -0.2) is 36.9 Å². The van der Waals surface area contributed by atoms with Gasteiger partial charge in [-0.25, -0.2) is 9.98 Å². The number of rotatable bonds is 3. The minimum atomic E-state index is -5.85. The van der Waals surface area contributed by atoms with Crippen LogP contribution >= 0.6 is 0 Å². The molecule has 2 aromatic carbocycles. The van der Waals surface area contributed by atoms with Gasteiger partial charge in [0.2, 0.25) is 11.8 Å². The van der Waals surface area contributed by atoms with E-state index in [-0.39, 0.29) is 11.1 Å². The summed E-state index contributed by atoms with van der Waals surface area (Å²) < 4.78 is 92.2. The summed E-state index contributed by atoms with van der Waals surface area (Å²) in [6.07, 6.45) is -11.7. The van der Waals surface area contributed by atoms with E-state index in [1.165, 1.54) is 49.6 Å². The maximum atomic E-state index is 13.7. The van der Waals surface area contributed by atoms with Gasteiger partial charge < -0.3 is 9.47 Å². The number of hydrogen-bond acceptors (Lipinski definition) is 4. The third-order valence-electron chi connectivity index (χ3n) is 4.11. The molecule has 4 nitrogen and oxygen atoms in total. The average molecular weight is 416 g/mol. The highest BCUT2D eigenvalue weighted by molar-refractivity contribution is 6.08. The van der Waals surface area contributed by atoms with Crippen LogP contribution in [0.1, 0.15) is 16.7 Å². The summed E-state index contributed by atoms with van der Waals surface area (Å²) in [4.78, 5) is 5.80. The number of ether oxygens (including phenoxy) is 2. The maximum absolute atomic E-state index is 13.7. The molecule has 3 rings (SSSR count). The molecule has 1 aliphatic rings. The Morgan fingerprint density at radius 3 is 1.86 bits per heavy atom. The van der Waals surface area contributed by atoms with Gasteiger partial charge in [-0.05, 0) is 43.3 Å². The SMILES string of the molecule is COc1ccc(C2=NC(C(F)(F)F)(C(F)(F)F)N=C(c3cccc(C)c3)O2)cc1. The van der Waals surface area contributed by atoms with Crippen molar-refractivity contribution in [3.8, 4) is 5.75 Å². The van der Waals surface area contributed by atoms with E-state index < -0.39 is 29.8 Å². The van der Waals surface area contributed by atoms with Crippen molar-refractivity contribution in [1.29, 1.82) is 0 Å². The lowest BCUT2D eigenvalue weighted by atomic mass is 10.1. The van der Waals surface area contributed by atoms with E-state index in [9.17, 15) is 26.3 Å². The lowest BCUT2D eigenvalue weighted by Gasteiger charge is -2.34. The van der Waals surface area contributed by atoms with Crippen molar-refractivity contribution in [3.05, 3.63) is 65.2 Å². The summed E-state index contributed by atoms with van der Waals surface area (Å²) in [6, 6.07) is 11.0. The largest absolute Gasteiger partial charge is 0.497 e. The number of aryl methyl sites for hydroxylation is 1. The number of alkyl halides is 6. The van der Waals surface area contributed by atoms with Gasteiger partial charge in [0.05, 0.1) is 7.11 Å². The second kappa shape index (κ2) is 7.09. The van der Waals surface area contributed by atoms with Crippen molar-refractivity contribution in [2.45, 2.75) is 24.9 Å².